The lowest BCUT2D eigenvalue weighted by atomic mass is 10.0. The highest BCUT2D eigenvalue weighted by molar-refractivity contribution is 7.47. The molecule has 3 unspecified atom stereocenters. The Morgan fingerprint density at radius 2 is 0.810 bits per heavy atom. The molecular weight excluding hydrogens is 1000 g/mol. The van der Waals surface area contributed by atoms with Crippen LogP contribution in [-0.4, -0.2) is 74.3 Å². The summed E-state index contributed by atoms with van der Waals surface area (Å²) in [6.07, 6.45) is 80.5. The van der Waals surface area contributed by atoms with E-state index in [2.05, 4.69) is 135 Å². The molecule has 452 valence electrons. The number of amides is 1. The molecule has 9 nitrogen and oxygen atoms in total. The number of unbranched alkanes of at least 4 members (excludes halogenated alkanes) is 22. The largest absolute Gasteiger partial charge is 0.472 e. The van der Waals surface area contributed by atoms with Gasteiger partial charge in [0.1, 0.15) is 19.3 Å². The average Bonchev–Trinajstić information content (AvgIpc) is 3.41. The number of hydrogen-bond acceptors (Lipinski definition) is 6. The van der Waals surface area contributed by atoms with Crippen LogP contribution in [0.15, 0.2) is 122 Å². The van der Waals surface area contributed by atoms with Crippen molar-refractivity contribution in [1.29, 1.82) is 0 Å². The third-order valence-electron chi connectivity index (χ3n) is 13.4. The molecule has 2 N–H and O–H groups in total. The summed E-state index contributed by atoms with van der Waals surface area (Å²) in [5.41, 5.74) is 0. The van der Waals surface area contributed by atoms with Gasteiger partial charge in [0.05, 0.1) is 33.8 Å². The number of phosphoric ester groups is 1. The van der Waals surface area contributed by atoms with Crippen molar-refractivity contribution in [2.24, 2.45) is 0 Å². The summed E-state index contributed by atoms with van der Waals surface area (Å²) in [5.74, 6) is -0.570. The number of carbonyl (C=O) groups is 2. The first-order valence-electron chi connectivity index (χ1n) is 31.9. The standard InChI is InChI=1S/C69H119N2O7P/c1-7-10-13-16-19-22-25-28-30-32-34-35-37-38-40-43-46-49-52-55-58-61-68(72)70-66(65-77-79(74,75)76-64-63-71(4,5)6)67(60-57-54-51-48-45-42-27-24-21-18-15-12-9-3)78-69(73)62-59-56-53-50-47-44-41-39-36-33-31-29-26-23-20-17-14-11-8-2/h11,14,19-20,22-23,28-31,34-36,38-40,44,47,57,60,66-67H,7-10,12-13,15-18,21,24-27,32-33,37,41-43,45-46,48-56,58-59,61-65H2,1-6H3,(H-,70,72,74,75)/p+1/b14-11-,22-19-,23-20-,30-28-,31-29-,35-34-,39-36-,40-38-,47-44-,60-57+. The fourth-order valence-electron chi connectivity index (χ4n) is 8.48. The van der Waals surface area contributed by atoms with Gasteiger partial charge in [0, 0.05) is 12.8 Å². The van der Waals surface area contributed by atoms with Crippen LogP contribution < -0.4 is 5.32 Å². The molecule has 0 radical (unpaired) electrons. The highest BCUT2D eigenvalue weighted by Gasteiger charge is 2.30. The van der Waals surface area contributed by atoms with Gasteiger partial charge in [-0.05, 0) is 122 Å². The molecule has 0 aromatic rings. The number of esters is 1. The first-order valence-corrected chi connectivity index (χ1v) is 33.4. The monoisotopic (exact) mass is 1120 g/mol. The number of likely N-dealkylation sites (N-methyl/N-ethyl adjacent to an activating group) is 1. The molecule has 0 aromatic heterocycles. The molecule has 0 aliphatic heterocycles. The summed E-state index contributed by atoms with van der Waals surface area (Å²) in [6.45, 7) is 6.82. The average molecular weight is 1120 g/mol. The number of nitrogens with zero attached hydrogens (tertiary/aromatic N) is 1. The molecule has 79 heavy (non-hydrogen) atoms. The van der Waals surface area contributed by atoms with Crippen molar-refractivity contribution in [2.45, 2.75) is 264 Å². The molecule has 10 heteroatoms. The molecule has 0 aliphatic carbocycles. The number of phosphoric acid groups is 1. The minimum absolute atomic E-state index is 0.0240. The first-order chi connectivity index (χ1) is 38.4. The topological polar surface area (TPSA) is 111 Å². The maximum atomic E-state index is 13.6. The normalized spacial score (nSPS) is 14.5. The summed E-state index contributed by atoms with van der Waals surface area (Å²) in [6, 6.07) is -0.881. The van der Waals surface area contributed by atoms with E-state index in [4.69, 9.17) is 13.8 Å². The van der Waals surface area contributed by atoms with Gasteiger partial charge in [-0.15, -0.1) is 0 Å². The Hall–Kier alpha value is -3.59. The van der Waals surface area contributed by atoms with Gasteiger partial charge in [0.15, 0.2) is 0 Å². The van der Waals surface area contributed by atoms with E-state index in [-0.39, 0.29) is 31.5 Å². The Morgan fingerprint density at radius 3 is 1.25 bits per heavy atom. The van der Waals surface area contributed by atoms with Gasteiger partial charge in [0.25, 0.3) is 0 Å². The summed E-state index contributed by atoms with van der Waals surface area (Å²) >= 11 is 0. The lowest BCUT2D eigenvalue weighted by molar-refractivity contribution is -0.870. The second-order valence-corrected chi connectivity index (χ2v) is 23.6. The number of allylic oxidation sites excluding steroid dienone is 19. The SMILES string of the molecule is CC/C=C\C/C=C\C/C=C\C/C=C\C/C=C\CCCCCC(=O)OC(/C=C/CCCCCCCCCCCCC)C(COP(=O)(O)OCC[N+](C)(C)C)NC(=O)CCCCCCC/C=C\C/C=C\C/C=C\C/C=C\CCCCC. The second kappa shape index (κ2) is 57.6. The quantitative estimate of drug-likeness (QED) is 0.0205. The number of carbonyl (C=O) groups excluding carboxylic acids is 2. The molecule has 0 saturated heterocycles. The number of hydrogen-bond donors (Lipinski definition) is 2. The molecule has 0 spiro atoms. The number of nitrogens with one attached hydrogen (secondary N) is 1. The van der Waals surface area contributed by atoms with E-state index in [1.54, 1.807) is 0 Å². The first kappa shape index (κ1) is 75.4. The van der Waals surface area contributed by atoms with Crippen molar-refractivity contribution in [3.05, 3.63) is 122 Å². The third-order valence-corrected chi connectivity index (χ3v) is 14.4. The van der Waals surface area contributed by atoms with E-state index >= 15 is 0 Å². The van der Waals surface area contributed by atoms with Crippen LogP contribution in [0.5, 0.6) is 0 Å². The lowest BCUT2D eigenvalue weighted by Gasteiger charge is -2.27. The van der Waals surface area contributed by atoms with Crippen molar-refractivity contribution in [1.82, 2.24) is 5.32 Å². The number of rotatable bonds is 56. The predicted octanol–water partition coefficient (Wildman–Crippen LogP) is 19.9. The molecule has 3 atom stereocenters. The van der Waals surface area contributed by atoms with Crippen molar-refractivity contribution < 1.29 is 37.3 Å². The van der Waals surface area contributed by atoms with Crippen molar-refractivity contribution >= 4 is 19.7 Å². The highest BCUT2D eigenvalue weighted by Crippen LogP contribution is 2.43. The highest BCUT2D eigenvalue weighted by atomic mass is 31.2. The molecule has 1 amide bonds. The Bertz CT molecular complexity index is 1770. The molecule has 0 fully saturated rings. The van der Waals surface area contributed by atoms with Crippen LogP contribution in [-0.2, 0) is 27.9 Å². The van der Waals surface area contributed by atoms with Gasteiger partial charge < -0.3 is 19.4 Å². The van der Waals surface area contributed by atoms with Gasteiger partial charge in [-0.3, -0.25) is 18.6 Å². The summed E-state index contributed by atoms with van der Waals surface area (Å²) < 4.78 is 30.7. The Balaban J connectivity index is 5.38. The van der Waals surface area contributed by atoms with E-state index in [0.717, 1.165) is 128 Å². The summed E-state index contributed by atoms with van der Waals surface area (Å²) in [5, 5.41) is 3.04. The van der Waals surface area contributed by atoms with Crippen LogP contribution in [0.1, 0.15) is 252 Å². The van der Waals surface area contributed by atoms with E-state index in [0.29, 0.717) is 23.9 Å². The van der Waals surface area contributed by atoms with Crippen LogP contribution >= 0.6 is 7.82 Å². The molecule has 0 aliphatic rings. The zero-order valence-electron chi connectivity index (χ0n) is 51.6. The molecular formula is C69H120N2O7P+. The van der Waals surface area contributed by atoms with Gasteiger partial charge in [-0.1, -0.05) is 239 Å². The molecule has 0 bridgehead atoms. The van der Waals surface area contributed by atoms with Crippen LogP contribution in [0.2, 0.25) is 0 Å². The number of ether oxygens (including phenoxy) is 1. The summed E-state index contributed by atoms with van der Waals surface area (Å²) in [4.78, 5) is 37.8. The van der Waals surface area contributed by atoms with E-state index in [1.165, 1.54) is 83.5 Å². The van der Waals surface area contributed by atoms with Gasteiger partial charge in [-0.2, -0.15) is 0 Å². The van der Waals surface area contributed by atoms with Gasteiger partial charge in [0.2, 0.25) is 5.91 Å². The maximum Gasteiger partial charge on any atom is 0.472 e. The van der Waals surface area contributed by atoms with Crippen LogP contribution in [0.25, 0.3) is 0 Å². The zero-order chi connectivity index (χ0) is 57.9. The number of quaternary nitrogens is 1. The van der Waals surface area contributed by atoms with E-state index in [1.807, 2.05) is 33.3 Å². The fourth-order valence-corrected chi connectivity index (χ4v) is 9.21. The third kappa shape index (κ3) is 58.9. The molecule has 0 aromatic carbocycles. The smallest absolute Gasteiger partial charge is 0.456 e. The van der Waals surface area contributed by atoms with Crippen LogP contribution in [0, 0.1) is 0 Å². The van der Waals surface area contributed by atoms with Crippen LogP contribution in [0.4, 0.5) is 0 Å². The van der Waals surface area contributed by atoms with Crippen molar-refractivity contribution in [3.63, 3.8) is 0 Å². The minimum atomic E-state index is -4.47. The molecule has 0 saturated carbocycles. The maximum absolute atomic E-state index is 13.6. The van der Waals surface area contributed by atoms with E-state index < -0.39 is 20.0 Å². The second-order valence-electron chi connectivity index (χ2n) is 22.2. The predicted molar refractivity (Wildman–Crippen MR) is 341 cm³/mol. The van der Waals surface area contributed by atoms with Gasteiger partial charge >= 0.3 is 13.8 Å². The lowest BCUT2D eigenvalue weighted by Crippen LogP contribution is -2.47. The van der Waals surface area contributed by atoms with Crippen molar-refractivity contribution in [3.8, 4) is 0 Å². The van der Waals surface area contributed by atoms with E-state index in [9.17, 15) is 19.0 Å². The molecule has 0 rings (SSSR count). The molecule has 0 heterocycles. The Morgan fingerprint density at radius 1 is 0.456 bits per heavy atom. The summed E-state index contributed by atoms with van der Waals surface area (Å²) in [7, 11) is 1.45. The van der Waals surface area contributed by atoms with Crippen LogP contribution in [0.3, 0.4) is 0 Å². The fraction of sp³-hybridized carbons (Fsp3) is 0.681. The van der Waals surface area contributed by atoms with Gasteiger partial charge in [-0.25, -0.2) is 4.57 Å². The minimum Gasteiger partial charge on any atom is -0.456 e. The van der Waals surface area contributed by atoms with Crippen molar-refractivity contribution in [2.75, 3.05) is 40.9 Å². The Kier molecular flexibility index (Phi) is 55.0. The zero-order valence-corrected chi connectivity index (χ0v) is 52.5. The Labute approximate surface area is 486 Å².